The van der Waals surface area contributed by atoms with Crippen LogP contribution in [0.5, 0.6) is 0 Å². The molecule has 0 radical (unpaired) electrons. The number of benzene rings is 4. The van der Waals surface area contributed by atoms with Crippen LogP contribution in [0.4, 0.5) is 0 Å². The molecule has 35 heavy (non-hydrogen) atoms. The predicted molar refractivity (Wildman–Crippen MR) is 143 cm³/mol. The van der Waals surface area contributed by atoms with Crippen molar-refractivity contribution in [2.45, 2.75) is 6.92 Å². The fraction of sp³-hybridized carbons (Fsp3) is 0.0323. The highest BCUT2D eigenvalue weighted by Gasteiger charge is 2.22. The topological polar surface area (TPSA) is 35.6 Å². The van der Waals surface area contributed by atoms with Gasteiger partial charge in [0, 0.05) is 45.5 Å². The zero-order chi connectivity index (χ0) is 23.4. The normalized spacial score (nSPS) is 11.6. The quantitative estimate of drug-likeness (QED) is 0.279. The number of aryl methyl sites for hydroxylation is 1. The van der Waals surface area contributed by atoms with Crippen molar-refractivity contribution in [3.8, 4) is 22.8 Å². The molecule has 4 aromatic carbocycles. The molecular weight excluding hydrogens is 428 g/mol. The fourth-order valence-electron chi connectivity index (χ4n) is 5.27. The zero-order valence-corrected chi connectivity index (χ0v) is 19.3. The van der Waals surface area contributed by atoms with Crippen molar-refractivity contribution >= 4 is 32.8 Å². The van der Waals surface area contributed by atoms with Gasteiger partial charge in [-0.15, -0.1) is 0 Å². The molecule has 0 spiro atoms. The molecule has 4 nitrogen and oxygen atoms in total. The Labute approximate surface area is 202 Å². The summed E-state index contributed by atoms with van der Waals surface area (Å²) < 4.78 is 4.77. The second-order valence-electron chi connectivity index (χ2n) is 8.81. The Balaban J connectivity index is 1.61. The highest BCUT2D eigenvalue weighted by molar-refractivity contribution is 6.22. The summed E-state index contributed by atoms with van der Waals surface area (Å²) in [6.07, 6.45) is 3.58. The Morgan fingerprint density at radius 3 is 1.83 bits per heavy atom. The van der Waals surface area contributed by atoms with Crippen molar-refractivity contribution in [1.82, 2.24) is 19.1 Å². The van der Waals surface area contributed by atoms with E-state index in [0.29, 0.717) is 0 Å². The first-order valence-corrected chi connectivity index (χ1v) is 11.8. The molecule has 7 aromatic rings. The summed E-state index contributed by atoms with van der Waals surface area (Å²) in [7, 11) is 0. The molecule has 0 amide bonds. The monoisotopic (exact) mass is 450 g/mol. The summed E-state index contributed by atoms with van der Waals surface area (Å²) in [4.78, 5) is 8.93. The Bertz CT molecular complexity index is 1840. The van der Waals surface area contributed by atoms with Crippen LogP contribution in [0.2, 0.25) is 0 Å². The molecule has 0 aliphatic heterocycles. The first-order chi connectivity index (χ1) is 17.3. The van der Waals surface area contributed by atoms with Crippen LogP contribution in [0.15, 0.2) is 116 Å². The van der Waals surface area contributed by atoms with Crippen LogP contribution in [0.25, 0.3) is 55.6 Å². The Morgan fingerprint density at radius 2 is 1.17 bits per heavy atom. The first-order valence-electron chi connectivity index (χ1n) is 11.8. The number of hydrogen-bond acceptors (Lipinski definition) is 2. The second kappa shape index (κ2) is 7.67. The Hall–Kier alpha value is -4.70. The third-order valence-electron chi connectivity index (χ3n) is 6.77. The molecule has 0 N–H and O–H groups in total. The molecule has 0 bridgehead atoms. The molecule has 3 aromatic heterocycles. The third-order valence-corrected chi connectivity index (χ3v) is 6.77. The summed E-state index contributed by atoms with van der Waals surface area (Å²) in [6, 6.07) is 36.4. The van der Waals surface area contributed by atoms with Gasteiger partial charge < -0.3 is 0 Å². The van der Waals surface area contributed by atoms with Crippen LogP contribution in [0, 0.1) is 6.92 Å². The van der Waals surface area contributed by atoms with E-state index in [1.54, 1.807) is 12.4 Å². The minimum absolute atomic E-state index is 0.748. The van der Waals surface area contributed by atoms with E-state index in [-0.39, 0.29) is 0 Å². The van der Waals surface area contributed by atoms with E-state index in [1.807, 2.05) is 6.07 Å². The summed E-state index contributed by atoms with van der Waals surface area (Å²) >= 11 is 0. The summed E-state index contributed by atoms with van der Waals surface area (Å²) in [6.45, 7) is 2.13. The maximum absolute atomic E-state index is 4.46. The molecule has 0 saturated carbocycles. The van der Waals surface area contributed by atoms with E-state index >= 15 is 0 Å². The molecule has 0 fully saturated rings. The molecule has 0 atom stereocenters. The minimum atomic E-state index is 0.748. The maximum Gasteiger partial charge on any atom is 0.159 e. The van der Waals surface area contributed by atoms with E-state index < -0.39 is 0 Å². The molecular formula is C31H22N4. The van der Waals surface area contributed by atoms with Gasteiger partial charge in [0.05, 0.1) is 11.0 Å². The standard InChI is InChI=1S/C31H22N4/c1-21-20-23(16-17-24(21)30-32-18-9-19-33-30)35-28-15-8-6-13-26(28)29-25-12-5-7-14-27(25)34(31(29)35)22-10-3-2-4-11-22/h2-20H,1H3. The van der Waals surface area contributed by atoms with Crippen LogP contribution >= 0.6 is 0 Å². The SMILES string of the molecule is Cc1cc(-n2c3ccccc3c3c4ccccc4n(-c4ccccc4)c32)ccc1-c1ncccn1. The lowest BCUT2D eigenvalue weighted by molar-refractivity contribution is 1.06. The van der Waals surface area contributed by atoms with Gasteiger partial charge in [-0.1, -0.05) is 54.6 Å². The van der Waals surface area contributed by atoms with Crippen LogP contribution in [0.3, 0.4) is 0 Å². The van der Waals surface area contributed by atoms with Crippen molar-refractivity contribution in [3.05, 3.63) is 121 Å². The summed E-state index contributed by atoms with van der Waals surface area (Å²) in [5, 5.41) is 3.78. The van der Waals surface area contributed by atoms with E-state index in [0.717, 1.165) is 28.3 Å². The number of hydrogen-bond donors (Lipinski definition) is 0. The molecule has 4 heteroatoms. The lowest BCUT2D eigenvalue weighted by Crippen LogP contribution is -2.02. The summed E-state index contributed by atoms with van der Waals surface area (Å²) in [5.41, 5.74) is 8.02. The maximum atomic E-state index is 4.46. The largest absolute Gasteiger partial charge is 0.295 e. The zero-order valence-electron chi connectivity index (χ0n) is 19.3. The molecule has 0 aliphatic rings. The minimum Gasteiger partial charge on any atom is -0.295 e. The van der Waals surface area contributed by atoms with Crippen LogP contribution in [-0.2, 0) is 0 Å². The first kappa shape index (κ1) is 19.7. The molecule has 0 unspecified atom stereocenters. The van der Waals surface area contributed by atoms with Gasteiger partial charge in [-0.05, 0) is 61.0 Å². The highest BCUT2D eigenvalue weighted by Crippen LogP contribution is 2.40. The number of aromatic nitrogens is 4. The predicted octanol–water partition coefficient (Wildman–Crippen LogP) is 7.49. The Kier molecular flexibility index (Phi) is 4.33. The van der Waals surface area contributed by atoms with E-state index in [4.69, 9.17) is 0 Å². The second-order valence-corrected chi connectivity index (χ2v) is 8.81. The van der Waals surface area contributed by atoms with Crippen molar-refractivity contribution in [1.29, 1.82) is 0 Å². The molecule has 166 valence electrons. The van der Waals surface area contributed by atoms with Gasteiger partial charge in [0.15, 0.2) is 5.82 Å². The van der Waals surface area contributed by atoms with Crippen LogP contribution in [0.1, 0.15) is 5.56 Å². The average molecular weight is 451 g/mol. The number of para-hydroxylation sites is 3. The molecule has 3 heterocycles. The fourth-order valence-corrected chi connectivity index (χ4v) is 5.27. The van der Waals surface area contributed by atoms with Crippen molar-refractivity contribution < 1.29 is 0 Å². The van der Waals surface area contributed by atoms with Crippen LogP contribution < -0.4 is 0 Å². The lowest BCUT2D eigenvalue weighted by Gasteiger charge is -2.14. The van der Waals surface area contributed by atoms with Gasteiger partial charge in [0.25, 0.3) is 0 Å². The van der Waals surface area contributed by atoms with Gasteiger partial charge in [-0.25, -0.2) is 9.97 Å². The van der Waals surface area contributed by atoms with E-state index in [9.17, 15) is 0 Å². The number of rotatable bonds is 3. The van der Waals surface area contributed by atoms with Crippen molar-refractivity contribution in [2.75, 3.05) is 0 Å². The van der Waals surface area contributed by atoms with Crippen molar-refractivity contribution in [2.24, 2.45) is 0 Å². The molecule has 7 rings (SSSR count). The average Bonchev–Trinajstić information content (AvgIpc) is 3.42. The number of nitrogens with zero attached hydrogens (tertiary/aromatic N) is 4. The van der Waals surface area contributed by atoms with Gasteiger partial charge in [-0.3, -0.25) is 9.13 Å². The van der Waals surface area contributed by atoms with Crippen molar-refractivity contribution in [3.63, 3.8) is 0 Å². The van der Waals surface area contributed by atoms with Gasteiger partial charge in [0.2, 0.25) is 0 Å². The lowest BCUT2D eigenvalue weighted by atomic mass is 10.1. The molecule has 0 saturated heterocycles. The van der Waals surface area contributed by atoms with Gasteiger partial charge in [0.1, 0.15) is 5.65 Å². The number of fused-ring (bicyclic) bond motifs is 5. The van der Waals surface area contributed by atoms with E-state index in [1.165, 1.54) is 32.8 Å². The summed E-state index contributed by atoms with van der Waals surface area (Å²) in [5.74, 6) is 0.748. The molecule has 0 aliphatic carbocycles. The van der Waals surface area contributed by atoms with E-state index in [2.05, 4.69) is 123 Å². The van der Waals surface area contributed by atoms with Gasteiger partial charge >= 0.3 is 0 Å². The van der Waals surface area contributed by atoms with Crippen LogP contribution in [-0.4, -0.2) is 19.1 Å². The third kappa shape index (κ3) is 2.93. The highest BCUT2D eigenvalue weighted by atomic mass is 15.1. The smallest absolute Gasteiger partial charge is 0.159 e. The Morgan fingerprint density at radius 1 is 0.571 bits per heavy atom. The van der Waals surface area contributed by atoms with Gasteiger partial charge in [-0.2, -0.15) is 0 Å².